The van der Waals surface area contributed by atoms with Crippen molar-refractivity contribution in [3.8, 4) is 0 Å². The van der Waals surface area contributed by atoms with Gasteiger partial charge in [-0.25, -0.2) is 0 Å². The third kappa shape index (κ3) is 3.41. The molecule has 1 aliphatic heterocycles. The smallest absolute Gasteiger partial charge is 0.281 e. The molecular weight excluding hydrogens is 226 g/mol. The van der Waals surface area contributed by atoms with Gasteiger partial charge in [-0.2, -0.15) is 17.0 Å². The summed E-state index contributed by atoms with van der Waals surface area (Å²) < 4.78 is 27.2. The molecule has 1 aliphatic rings. The Balaban J connectivity index is 2.56. The summed E-state index contributed by atoms with van der Waals surface area (Å²) in [5.74, 6) is 0. The van der Waals surface area contributed by atoms with Gasteiger partial charge in [0.25, 0.3) is 10.2 Å². The van der Waals surface area contributed by atoms with E-state index in [1.165, 1.54) is 4.31 Å². The van der Waals surface area contributed by atoms with Crippen molar-refractivity contribution in [1.82, 2.24) is 8.61 Å². The van der Waals surface area contributed by atoms with Crippen LogP contribution in [-0.4, -0.2) is 49.8 Å². The molecule has 0 aromatic carbocycles. The molecule has 0 spiro atoms. The highest BCUT2D eigenvalue weighted by atomic mass is 32.2. The van der Waals surface area contributed by atoms with Crippen LogP contribution < -0.4 is 5.73 Å². The zero-order chi connectivity index (χ0) is 12.2. The fourth-order valence-corrected chi connectivity index (χ4v) is 3.23. The van der Waals surface area contributed by atoms with Crippen LogP contribution in [0.1, 0.15) is 32.6 Å². The van der Waals surface area contributed by atoms with Crippen molar-refractivity contribution in [2.75, 3.05) is 26.7 Å². The molecule has 0 amide bonds. The van der Waals surface area contributed by atoms with Crippen LogP contribution in [0, 0.1) is 0 Å². The van der Waals surface area contributed by atoms with Gasteiger partial charge in [0.15, 0.2) is 0 Å². The minimum atomic E-state index is -3.25. The Kier molecular flexibility index (Phi) is 5.17. The molecule has 1 saturated heterocycles. The van der Waals surface area contributed by atoms with Gasteiger partial charge in [-0.05, 0) is 19.3 Å². The highest BCUT2D eigenvalue weighted by Gasteiger charge is 2.29. The lowest BCUT2D eigenvalue weighted by atomic mass is 10.1. The second kappa shape index (κ2) is 5.95. The predicted molar refractivity (Wildman–Crippen MR) is 65.2 cm³/mol. The topological polar surface area (TPSA) is 66.6 Å². The molecule has 1 fully saturated rings. The zero-order valence-electron chi connectivity index (χ0n) is 10.2. The lowest BCUT2D eigenvalue weighted by Crippen LogP contribution is -2.48. The number of hydrogen-bond donors (Lipinski definition) is 1. The van der Waals surface area contributed by atoms with Gasteiger partial charge in [-0.3, -0.25) is 0 Å². The average molecular weight is 249 g/mol. The Morgan fingerprint density at radius 2 is 1.94 bits per heavy atom. The Hall–Kier alpha value is -0.170. The largest absolute Gasteiger partial charge is 0.328 e. The molecular formula is C10H23N3O2S. The highest BCUT2D eigenvalue weighted by Crippen LogP contribution is 2.15. The second-order valence-corrected chi connectivity index (χ2v) is 6.45. The van der Waals surface area contributed by atoms with E-state index in [-0.39, 0.29) is 6.04 Å². The fourth-order valence-electron chi connectivity index (χ4n) is 1.80. The summed E-state index contributed by atoms with van der Waals surface area (Å²) in [6, 6.07) is 0.160. The summed E-state index contributed by atoms with van der Waals surface area (Å²) >= 11 is 0. The molecule has 0 unspecified atom stereocenters. The SMILES string of the molecule is CCCCN(C)S(=O)(=O)N1CCC(N)CC1. The average Bonchev–Trinajstić information content (AvgIpc) is 2.26. The van der Waals surface area contributed by atoms with Crippen LogP contribution in [0.3, 0.4) is 0 Å². The van der Waals surface area contributed by atoms with E-state index >= 15 is 0 Å². The van der Waals surface area contributed by atoms with Gasteiger partial charge >= 0.3 is 0 Å². The van der Waals surface area contributed by atoms with Gasteiger partial charge in [0.05, 0.1) is 0 Å². The number of nitrogens with two attached hydrogens (primary N) is 1. The molecule has 1 heterocycles. The fraction of sp³-hybridized carbons (Fsp3) is 1.00. The summed E-state index contributed by atoms with van der Waals surface area (Å²) in [5.41, 5.74) is 5.76. The lowest BCUT2D eigenvalue weighted by Gasteiger charge is -2.32. The first-order valence-electron chi connectivity index (χ1n) is 5.95. The Morgan fingerprint density at radius 3 is 2.44 bits per heavy atom. The monoisotopic (exact) mass is 249 g/mol. The van der Waals surface area contributed by atoms with Crippen LogP contribution in [-0.2, 0) is 10.2 Å². The number of hydrogen-bond acceptors (Lipinski definition) is 3. The molecule has 0 aliphatic carbocycles. The molecule has 96 valence electrons. The maximum atomic E-state index is 12.1. The first-order chi connectivity index (χ1) is 7.48. The van der Waals surface area contributed by atoms with Gasteiger partial charge in [0.1, 0.15) is 0 Å². The minimum absolute atomic E-state index is 0.160. The molecule has 16 heavy (non-hydrogen) atoms. The van der Waals surface area contributed by atoms with Crippen molar-refractivity contribution in [2.24, 2.45) is 5.73 Å². The molecule has 0 saturated carbocycles. The Bertz CT molecular complexity index is 297. The molecule has 0 aromatic heterocycles. The first kappa shape index (κ1) is 13.9. The van der Waals surface area contributed by atoms with E-state index in [9.17, 15) is 8.42 Å². The molecule has 0 aromatic rings. The van der Waals surface area contributed by atoms with Gasteiger partial charge in [-0.1, -0.05) is 13.3 Å². The van der Waals surface area contributed by atoms with Crippen molar-refractivity contribution < 1.29 is 8.42 Å². The number of unbranched alkanes of at least 4 members (excludes halogenated alkanes) is 1. The van der Waals surface area contributed by atoms with Crippen LogP contribution in [0.15, 0.2) is 0 Å². The van der Waals surface area contributed by atoms with E-state index in [0.717, 1.165) is 25.7 Å². The standard InChI is InChI=1S/C10H23N3O2S/c1-3-4-7-12(2)16(14,15)13-8-5-10(11)6-9-13/h10H,3-9,11H2,1-2H3. The van der Waals surface area contributed by atoms with E-state index in [1.807, 2.05) is 0 Å². The summed E-state index contributed by atoms with van der Waals surface area (Å²) in [7, 11) is -1.59. The second-order valence-electron chi connectivity index (χ2n) is 4.42. The van der Waals surface area contributed by atoms with E-state index in [2.05, 4.69) is 6.92 Å². The van der Waals surface area contributed by atoms with Crippen molar-refractivity contribution in [1.29, 1.82) is 0 Å². The van der Waals surface area contributed by atoms with E-state index in [0.29, 0.717) is 19.6 Å². The van der Waals surface area contributed by atoms with Gasteiger partial charge < -0.3 is 5.73 Å². The molecule has 0 radical (unpaired) electrons. The quantitative estimate of drug-likeness (QED) is 0.766. The van der Waals surface area contributed by atoms with Crippen LogP contribution >= 0.6 is 0 Å². The van der Waals surface area contributed by atoms with Crippen LogP contribution in [0.25, 0.3) is 0 Å². The van der Waals surface area contributed by atoms with Crippen molar-refractivity contribution in [3.05, 3.63) is 0 Å². The van der Waals surface area contributed by atoms with Crippen LogP contribution in [0.5, 0.6) is 0 Å². The summed E-state index contributed by atoms with van der Waals surface area (Å²) in [6.45, 7) is 3.77. The molecule has 0 bridgehead atoms. The maximum absolute atomic E-state index is 12.1. The molecule has 1 rings (SSSR count). The van der Waals surface area contributed by atoms with Gasteiger partial charge in [0.2, 0.25) is 0 Å². The van der Waals surface area contributed by atoms with E-state index in [1.54, 1.807) is 11.4 Å². The van der Waals surface area contributed by atoms with E-state index in [4.69, 9.17) is 5.73 Å². The van der Waals surface area contributed by atoms with Gasteiger partial charge in [-0.15, -0.1) is 0 Å². The van der Waals surface area contributed by atoms with Crippen molar-refractivity contribution in [2.45, 2.75) is 38.6 Å². The number of piperidine rings is 1. The lowest BCUT2D eigenvalue weighted by molar-refractivity contribution is 0.295. The van der Waals surface area contributed by atoms with Crippen molar-refractivity contribution >= 4 is 10.2 Å². The third-order valence-electron chi connectivity index (χ3n) is 3.05. The van der Waals surface area contributed by atoms with Gasteiger partial charge in [0, 0.05) is 32.7 Å². The number of rotatable bonds is 5. The van der Waals surface area contributed by atoms with E-state index < -0.39 is 10.2 Å². The Morgan fingerprint density at radius 1 is 1.38 bits per heavy atom. The molecule has 0 atom stereocenters. The zero-order valence-corrected chi connectivity index (χ0v) is 11.0. The number of nitrogens with zero attached hydrogens (tertiary/aromatic N) is 2. The summed E-state index contributed by atoms with van der Waals surface area (Å²) in [5, 5.41) is 0. The first-order valence-corrected chi connectivity index (χ1v) is 7.35. The predicted octanol–water partition coefficient (Wildman–Crippen LogP) is 0.386. The minimum Gasteiger partial charge on any atom is -0.328 e. The van der Waals surface area contributed by atoms with Crippen LogP contribution in [0.4, 0.5) is 0 Å². The third-order valence-corrected chi connectivity index (χ3v) is 5.03. The highest BCUT2D eigenvalue weighted by molar-refractivity contribution is 7.86. The van der Waals surface area contributed by atoms with Crippen molar-refractivity contribution in [3.63, 3.8) is 0 Å². The molecule has 5 nitrogen and oxygen atoms in total. The van der Waals surface area contributed by atoms with Crippen LogP contribution in [0.2, 0.25) is 0 Å². The molecule has 6 heteroatoms. The normalized spacial score (nSPS) is 20.5. The Labute approximate surface area is 98.8 Å². The summed E-state index contributed by atoms with van der Waals surface area (Å²) in [6.07, 6.45) is 3.44. The maximum Gasteiger partial charge on any atom is 0.281 e. The summed E-state index contributed by atoms with van der Waals surface area (Å²) in [4.78, 5) is 0. The molecule has 2 N–H and O–H groups in total.